The Hall–Kier alpha value is -0.910. The van der Waals surface area contributed by atoms with Crippen molar-refractivity contribution in [2.75, 3.05) is 6.61 Å². The minimum absolute atomic E-state index is 0.309. The van der Waals surface area contributed by atoms with Crippen molar-refractivity contribution in [1.82, 2.24) is 5.32 Å². The largest absolute Gasteiger partial charge is 0.394 e. The van der Waals surface area contributed by atoms with Gasteiger partial charge in [0.1, 0.15) is 6.10 Å². The summed E-state index contributed by atoms with van der Waals surface area (Å²) < 4.78 is 0. The molecule has 3 atom stereocenters. The maximum atomic E-state index is 12.6. The fourth-order valence-corrected chi connectivity index (χ4v) is 10.8. The molecule has 0 aromatic rings. The van der Waals surface area contributed by atoms with Crippen LogP contribution < -0.4 is 5.32 Å². The Labute approximate surface area is 446 Å². The van der Waals surface area contributed by atoms with E-state index < -0.39 is 24.2 Å². The lowest BCUT2D eigenvalue weighted by molar-refractivity contribution is -0.131. The minimum atomic E-state index is -1.07. The summed E-state index contributed by atoms with van der Waals surface area (Å²) >= 11 is 0. The number of aliphatic hydroxyl groups is 3. The third kappa shape index (κ3) is 56.7. The Morgan fingerprint density at radius 3 is 0.775 bits per heavy atom. The third-order valence-corrected chi connectivity index (χ3v) is 15.9. The van der Waals surface area contributed by atoms with E-state index in [1.54, 1.807) is 0 Å². The lowest BCUT2D eigenvalue weighted by Crippen LogP contribution is -2.49. The molecular weight excluding hydrogens is 871 g/mol. The van der Waals surface area contributed by atoms with E-state index in [2.05, 4.69) is 31.3 Å². The second kappa shape index (κ2) is 61.6. The first-order valence-electron chi connectivity index (χ1n) is 33.0. The third-order valence-electron chi connectivity index (χ3n) is 15.9. The standard InChI is InChI=1S/C66H131NO4/c1-3-5-7-9-11-13-15-17-19-21-23-24-25-26-27-28-29-30-31-32-33-34-35-36-37-38-39-40-41-43-45-47-49-51-53-55-57-59-61-65(70)66(71)67-63(62-68)64(69)60-58-56-54-52-50-48-46-44-42-22-20-18-16-14-12-10-8-6-4-2/h32-33,63-65,68-70H,3-31,34-62H2,1-2H3,(H,67,71)/b33-32-. The molecule has 0 heterocycles. The molecule has 71 heavy (non-hydrogen) atoms. The van der Waals surface area contributed by atoms with Gasteiger partial charge in [-0.05, 0) is 38.5 Å². The van der Waals surface area contributed by atoms with Crippen LogP contribution in [0.25, 0.3) is 0 Å². The molecule has 0 fully saturated rings. The Morgan fingerprint density at radius 2 is 0.535 bits per heavy atom. The van der Waals surface area contributed by atoms with Crippen LogP contribution in [-0.4, -0.2) is 46.1 Å². The fourth-order valence-electron chi connectivity index (χ4n) is 10.8. The molecule has 1 amide bonds. The van der Waals surface area contributed by atoms with Gasteiger partial charge in [0, 0.05) is 0 Å². The van der Waals surface area contributed by atoms with Gasteiger partial charge in [0.25, 0.3) is 0 Å². The molecule has 0 spiro atoms. The lowest BCUT2D eigenvalue weighted by Gasteiger charge is -2.23. The zero-order valence-corrected chi connectivity index (χ0v) is 48.6. The van der Waals surface area contributed by atoms with Crippen molar-refractivity contribution in [3.05, 3.63) is 12.2 Å². The number of rotatable bonds is 62. The van der Waals surface area contributed by atoms with Crippen molar-refractivity contribution in [3.8, 4) is 0 Å². The van der Waals surface area contributed by atoms with Crippen molar-refractivity contribution in [1.29, 1.82) is 0 Å². The van der Waals surface area contributed by atoms with Crippen LogP contribution in [0.5, 0.6) is 0 Å². The van der Waals surface area contributed by atoms with E-state index >= 15 is 0 Å². The molecule has 0 aromatic heterocycles. The van der Waals surface area contributed by atoms with E-state index in [-0.39, 0.29) is 6.61 Å². The molecule has 5 heteroatoms. The number of hydrogen-bond donors (Lipinski definition) is 4. The zero-order chi connectivity index (χ0) is 51.4. The Kier molecular flexibility index (Phi) is 60.8. The van der Waals surface area contributed by atoms with Crippen LogP contribution >= 0.6 is 0 Å². The van der Waals surface area contributed by atoms with Gasteiger partial charge in [-0.3, -0.25) is 4.79 Å². The van der Waals surface area contributed by atoms with Crippen LogP contribution in [0.1, 0.15) is 380 Å². The summed E-state index contributed by atoms with van der Waals surface area (Å²) in [7, 11) is 0. The minimum Gasteiger partial charge on any atom is -0.394 e. The zero-order valence-electron chi connectivity index (χ0n) is 48.6. The second-order valence-corrected chi connectivity index (χ2v) is 23.0. The molecule has 0 aromatic carbocycles. The van der Waals surface area contributed by atoms with E-state index in [1.807, 2.05) is 0 Å². The van der Waals surface area contributed by atoms with Gasteiger partial charge in [0.2, 0.25) is 5.91 Å². The van der Waals surface area contributed by atoms with Gasteiger partial charge in [0.05, 0.1) is 18.8 Å². The van der Waals surface area contributed by atoms with Gasteiger partial charge in [-0.25, -0.2) is 0 Å². The van der Waals surface area contributed by atoms with Crippen LogP contribution in [0.3, 0.4) is 0 Å². The molecule has 4 N–H and O–H groups in total. The van der Waals surface area contributed by atoms with Gasteiger partial charge in [-0.2, -0.15) is 0 Å². The second-order valence-electron chi connectivity index (χ2n) is 23.0. The summed E-state index contributed by atoms with van der Waals surface area (Å²) in [6.07, 6.45) is 78.8. The number of amides is 1. The topological polar surface area (TPSA) is 89.8 Å². The van der Waals surface area contributed by atoms with Crippen LogP contribution in [0.15, 0.2) is 12.2 Å². The lowest BCUT2D eigenvalue weighted by atomic mass is 10.0. The number of aliphatic hydroxyl groups excluding tert-OH is 3. The highest BCUT2D eigenvalue weighted by molar-refractivity contribution is 5.80. The maximum absolute atomic E-state index is 12.6. The number of carbonyl (C=O) groups excluding carboxylic acids is 1. The number of allylic oxidation sites excluding steroid dienone is 2. The quantitative estimate of drug-likeness (QED) is 0.0361. The molecule has 0 aliphatic rings. The highest BCUT2D eigenvalue weighted by Gasteiger charge is 2.23. The first-order chi connectivity index (χ1) is 35.1. The van der Waals surface area contributed by atoms with Gasteiger partial charge in [-0.15, -0.1) is 0 Å². The summed E-state index contributed by atoms with van der Waals surface area (Å²) in [6.45, 7) is 4.28. The number of carbonyl (C=O) groups is 1. The molecule has 0 rings (SSSR count). The molecule has 3 unspecified atom stereocenters. The van der Waals surface area contributed by atoms with Crippen molar-refractivity contribution in [3.63, 3.8) is 0 Å². The predicted octanol–water partition coefficient (Wildman–Crippen LogP) is 21.0. The predicted molar refractivity (Wildman–Crippen MR) is 315 cm³/mol. The van der Waals surface area contributed by atoms with Crippen molar-refractivity contribution >= 4 is 5.91 Å². The Balaban J connectivity index is 3.43. The van der Waals surface area contributed by atoms with Crippen molar-refractivity contribution < 1.29 is 20.1 Å². The maximum Gasteiger partial charge on any atom is 0.249 e. The highest BCUT2D eigenvalue weighted by Crippen LogP contribution is 2.19. The summed E-state index contributed by atoms with van der Waals surface area (Å²) in [5, 5.41) is 33.6. The van der Waals surface area contributed by atoms with Gasteiger partial charge < -0.3 is 20.6 Å². The van der Waals surface area contributed by atoms with Crippen molar-refractivity contribution in [2.45, 2.75) is 398 Å². The molecule has 0 radical (unpaired) electrons. The van der Waals surface area contributed by atoms with E-state index in [0.717, 1.165) is 32.1 Å². The van der Waals surface area contributed by atoms with Gasteiger partial charge in [0.15, 0.2) is 0 Å². The van der Waals surface area contributed by atoms with E-state index in [9.17, 15) is 20.1 Å². The van der Waals surface area contributed by atoms with Crippen LogP contribution in [0.2, 0.25) is 0 Å². The molecule has 5 nitrogen and oxygen atoms in total. The van der Waals surface area contributed by atoms with E-state index in [1.165, 1.54) is 321 Å². The molecule has 0 aliphatic heterocycles. The first kappa shape index (κ1) is 70.1. The van der Waals surface area contributed by atoms with Gasteiger partial charge in [-0.1, -0.05) is 353 Å². The number of hydrogen-bond acceptors (Lipinski definition) is 4. The van der Waals surface area contributed by atoms with Crippen LogP contribution in [-0.2, 0) is 4.79 Å². The van der Waals surface area contributed by atoms with Crippen LogP contribution in [0.4, 0.5) is 0 Å². The summed E-state index contributed by atoms with van der Waals surface area (Å²) in [4.78, 5) is 12.6. The molecule has 0 saturated carbocycles. The van der Waals surface area contributed by atoms with E-state index in [0.29, 0.717) is 12.8 Å². The molecule has 0 aliphatic carbocycles. The van der Waals surface area contributed by atoms with Crippen molar-refractivity contribution in [2.24, 2.45) is 0 Å². The highest BCUT2D eigenvalue weighted by atomic mass is 16.3. The summed E-state index contributed by atoms with van der Waals surface area (Å²) in [5.74, 6) is -0.463. The summed E-state index contributed by atoms with van der Waals surface area (Å²) in [6, 6.07) is -0.710. The molecule has 424 valence electrons. The Bertz CT molecular complexity index is 1020. The first-order valence-corrected chi connectivity index (χ1v) is 33.0. The molecule has 0 bridgehead atoms. The van der Waals surface area contributed by atoms with Gasteiger partial charge >= 0.3 is 0 Å². The normalized spacial score (nSPS) is 13.1. The monoisotopic (exact) mass is 1000 g/mol. The Morgan fingerprint density at radius 1 is 0.324 bits per heavy atom. The smallest absolute Gasteiger partial charge is 0.249 e. The average molecular weight is 1000 g/mol. The van der Waals surface area contributed by atoms with Crippen LogP contribution in [0, 0.1) is 0 Å². The van der Waals surface area contributed by atoms with E-state index in [4.69, 9.17) is 0 Å². The fraction of sp³-hybridized carbons (Fsp3) is 0.955. The SMILES string of the molecule is CCCCCCCCCCCCCCCCCCCC/C=C\CCCCCCCCCCCCCCCCCCC(O)C(=O)NC(CO)C(O)CCCCCCCCCCCCCCCCCCCCC. The number of unbranched alkanes of at least 4 members (excludes halogenated alkanes) is 52. The average Bonchev–Trinajstić information content (AvgIpc) is 3.38. The molecule has 0 saturated heterocycles. The number of nitrogens with one attached hydrogen (secondary N) is 1. The summed E-state index contributed by atoms with van der Waals surface area (Å²) in [5.41, 5.74) is 0. The molecular formula is C66H131NO4.